The lowest BCUT2D eigenvalue weighted by molar-refractivity contribution is -0.729. The molecule has 0 spiro atoms. The summed E-state index contributed by atoms with van der Waals surface area (Å²) in [4.78, 5) is 0. The SMILES string of the molecule is CCOc1cccc(C2C=C(c3ccc(CC)cc3)NC(C(C)C)[NH2+]2)c1O. The Morgan fingerprint density at radius 2 is 1.85 bits per heavy atom. The molecule has 2 aromatic rings. The average Bonchev–Trinajstić information content (AvgIpc) is 2.69. The summed E-state index contributed by atoms with van der Waals surface area (Å²) in [6.45, 7) is 9.05. The second-order valence-corrected chi connectivity index (χ2v) is 7.39. The largest absolute Gasteiger partial charge is 0.504 e. The summed E-state index contributed by atoms with van der Waals surface area (Å²) in [6.07, 6.45) is 3.47. The van der Waals surface area contributed by atoms with Gasteiger partial charge in [0.05, 0.1) is 12.2 Å². The van der Waals surface area contributed by atoms with Gasteiger partial charge in [-0.2, -0.15) is 0 Å². The van der Waals surface area contributed by atoms with E-state index < -0.39 is 0 Å². The van der Waals surface area contributed by atoms with Gasteiger partial charge in [0.15, 0.2) is 17.7 Å². The molecule has 0 amide bonds. The zero-order valence-corrected chi connectivity index (χ0v) is 16.7. The number of quaternary nitrogens is 1. The molecule has 1 heterocycles. The van der Waals surface area contributed by atoms with E-state index in [1.165, 1.54) is 11.1 Å². The number of aromatic hydroxyl groups is 1. The van der Waals surface area contributed by atoms with Crippen LogP contribution < -0.4 is 15.4 Å². The maximum absolute atomic E-state index is 10.7. The van der Waals surface area contributed by atoms with Crippen LogP contribution in [-0.2, 0) is 6.42 Å². The molecule has 0 aliphatic carbocycles. The molecule has 0 radical (unpaired) electrons. The summed E-state index contributed by atoms with van der Waals surface area (Å²) in [5, 5.41) is 16.7. The van der Waals surface area contributed by atoms with Gasteiger partial charge in [-0.15, -0.1) is 0 Å². The lowest BCUT2D eigenvalue weighted by Gasteiger charge is -2.32. The van der Waals surface area contributed by atoms with Crippen molar-refractivity contribution in [1.82, 2.24) is 5.32 Å². The van der Waals surface area contributed by atoms with E-state index in [0.717, 1.165) is 17.7 Å². The van der Waals surface area contributed by atoms with E-state index in [1.807, 2.05) is 25.1 Å². The maximum atomic E-state index is 10.7. The molecule has 0 saturated heterocycles. The Hall–Kier alpha value is -2.46. The number of nitrogens with one attached hydrogen (secondary N) is 1. The zero-order chi connectivity index (χ0) is 19.4. The number of aryl methyl sites for hydroxylation is 1. The number of phenols is 1. The lowest BCUT2D eigenvalue weighted by atomic mass is 9.96. The first-order chi connectivity index (χ1) is 13.0. The highest BCUT2D eigenvalue weighted by Gasteiger charge is 2.30. The third-order valence-corrected chi connectivity index (χ3v) is 5.16. The monoisotopic (exact) mass is 367 g/mol. The van der Waals surface area contributed by atoms with E-state index in [-0.39, 0.29) is 18.0 Å². The van der Waals surface area contributed by atoms with Gasteiger partial charge < -0.3 is 20.5 Å². The van der Waals surface area contributed by atoms with Gasteiger partial charge in [-0.1, -0.05) is 51.1 Å². The van der Waals surface area contributed by atoms with Gasteiger partial charge >= 0.3 is 0 Å². The van der Waals surface area contributed by atoms with Gasteiger partial charge in [0.2, 0.25) is 0 Å². The summed E-state index contributed by atoms with van der Waals surface area (Å²) >= 11 is 0. The topological polar surface area (TPSA) is 58.1 Å². The van der Waals surface area contributed by atoms with Crippen molar-refractivity contribution in [2.75, 3.05) is 6.61 Å². The third-order valence-electron chi connectivity index (χ3n) is 5.16. The van der Waals surface area contributed by atoms with Crippen LogP contribution in [0.4, 0.5) is 0 Å². The highest BCUT2D eigenvalue weighted by Crippen LogP contribution is 2.34. The maximum Gasteiger partial charge on any atom is 0.167 e. The molecule has 2 atom stereocenters. The molecule has 1 aliphatic heterocycles. The van der Waals surface area contributed by atoms with Crippen LogP contribution >= 0.6 is 0 Å². The van der Waals surface area contributed by atoms with Crippen LogP contribution in [0.25, 0.3) is 5.70 Å². The van der Waals surface area contributed by atoms with Gasteiger partial charge in [-0.3, -0.25) is 0 Å². The van der Waals surface area contributed by atoms with Gasteiger partial charge in [0.1, 0.15) is 6.04 Å². The van der Waals surface area contributed by atoms with Crippen LogP contribution in [0.1, 0.15) is 50.4 Å². The van der Waals surface area contributed by atoms with Gasteiger partial charge in [-0.05, 0) is 36.6 Å². The van der Waals surface area contributed by atoms with Crippen molar-refractivity contribution >= 4 is 5.70 Å². The molecule has 144 valence electrons. The van der Waals surface area contributed by atoms with Crippen molar-refractivity contribution in [3.8, 4) is 11.5 Å². The van der Waals surface area contributed by atoms with Crippen LogP contribution in [0.15, 0.2) is 48.5 Å². The summed E-state index contributed by atoms with van der Waals surface area (Å²) in [6, 6.07) is 14.5. The van der Waals surface area contributed by atoms with Crippen molar-refractivity contribution in [3.63, 3.8) is 0 Å². The van der Waals surface area contributed by atoms with Gasteiger partial charge in [0.25, 0.3) is 0 Å². The Kier molecular flexibility index (Phi) is 6.07. The van der Waals surface area contributed by atoms with E-state index in [9.17, 15) is 5.11 Å². The zero-order valence-electron chi connectivity index (χ0n) is 16.7. The van der Waals surface area contributed by atoms with Crippen molar-refractivity contribution in [1.29, 1.82) is 0 Å². The second-order valence-electron chi connectivity index (χ2n) is 7.39. The highest BCUT2D eigenvalue weighted by atomic mass is 16.5. The minimum absolute atomic E-state index is 0.0277. The molecule has 1 aliphatic rings. The van der Waals surface area contributed by atoms with Crippen LogP contribution in [0.3, 0.4) is 0 Å². The molecule has 2 aromatic carbocycles. The van der Waals surface area contributed by atoms with Gasteiger partial charge in [-0.25, -0.2) is 0 Å². The molecule has 0 bridgehead atoms. The Labute approximate surface area is 162 Å². The van der Waals surface area contributed by atoms with Crippen LogP contribution in [0, 0.1) is 5.92 Å². The standard InChI is InChI=1S/C23H30N2O2/c1-5-16-10-12-17(13-11-16)19-14-20(25-23(24-19)15(3)4)18-8-7-9-21(22(18)26)27-6-2/h7-15,20,23-26H,5-6H2,1-4H3/p+1. The first kappa shape index (κ1) is 19.3. The fraction of sp³-hybridized carbons (Fsp3) is 0.391. The highest BCUT2D eigenvalue weighted by molar-refractivity contribution is 5.66. The van der Waals surface area contributed by atoms with Crippen molar-refractivity contribution in [2.24, 2.45) is 5.92 Å². The average molecular weight is 368 g/mol. The number of hydrogen-bond donors (Lipinski definition) is 3. The number of rotatable bonds is 6. The second kappa shape index (κ2) is 8.49. The number of phenolic OH excluding ortho intramolecular Hbond substituents is 1. The van der Waals surface area contributed by atoms with Crippen LogP contribution in [0.5, 0.6) is 11.5 Å². The van der Waals surface area contributed by atoms with Crippen molar-refractivity contribution in [2.45, 2.75) is 46.3 Å². The van der Waals surface area contributed by atoms with Crippen molar-refractivity contribution < 1.29 is 15.2 Å². The molecular weight excluding hydrogens is 336 g/mol. The number of hydrogen-bond acceptors (Lipinski definition) is 3. The molecule has 3 rings (SSSR count). The minimum atomic E-state index is 0.0277. The fourth-order valence-electron chi connectivity index (χ4n) is 3.50. The van der Waals surface area contributed by atoms with Crippen LogP contribution in [0.2, 0.25) is 0 Å². The molecule has 4 N–H and O–H groups in total. The normalized spacial score (nSPS) is 19.5. The predicted octanol–water partition coefficient (Wildman–Crippen LogP) is 3.58. The molecule has 0 fully saturated rings. The van der Waals surface area contributed by atoms with E-state index in [1.54, 1.807) is 0 Å². The first-order valence-electron chi connectivity index (χ1n) is 9.90. The Bertz CT molecular complexity index is 797. The molecular formula is C23H31N2O2+. The first-order valence-corrected chi connectivity index (χ1v) is 9.90. The van der Waals surface area contributed by atoms with E-state index in [0.29, 0.717) is 18.3 Å². The Morgan fingerprint density at radius 3 is 2.48 bits per heavy atom. The third kappa shape index (κ3) is 4.28. The number of nitrogens with two attached hydrogens (primary N) is 1. The number of para-hydroxylation sites is 1. The smallest absolute Gasteiger partial charge is 0.167 e. The molecule has 27 heavy (non-hydrogen) atoms. The van der Waals surface area contributed by atoms with Crippen molar-refractivity contribution in [3.05, 3.63) is 65.2 Å². The van der Waals surface area contributed by atoms with Crippen LogP contribution in [-0.4, -0.2) is 17.9 Å². The van der Waals surface area contributed by atoms with E-state index in [2.05, 4.69) is 61.7 Å². The lowest BCUT2D eigenvalue weighted by Crippen LogP contribution is -2.96. The minimum Gasteiger partial charge on any atom is -0.504 e. The van der Waals surface area contributed by atoms with E-state index >= 15 is 0 Å². The number of ether oxygens (including phenoxy) is 1. The molecule has 0 aromatic heterocycles. The summed E-state index contributed by atoms with van der Waals surface area (Å²) in [7, 11) is 0. The quantitative estimate of drug-likeness (QED) is 0.731. The Morgan fingerprint density at radius 1 is 1.11 bits per heavy atom. The molecule has 4 heteroatoms. The Balaban J connectivity index is 1.99. The summed E-state index contributed by atoms with van der Waals surface area (Å²) < 4.78 is 5.58. The van der Waals surface area contributed by atoms with E-state index in [4.69, 9.17) is 4.74 Å². The summed E-state index contributed by atoms with van der Waals surface area (Å²) in [5.74, 6) is 1.23. The number of benzene rings is 2. The predicted molar refractivity (Wildman–Crippen MR) is 110 cm³/mol. The molecule has 2 unspecified atom stereocenters. The van der Waals surface area contributed by atoms with Gasteiger partial charge in [0, 0.05) is 17.7 Å². The summed E-state index contributed by atoms with van der Waals surface area (Å²) in [5.41, 5.74) is 4.51. The molecule has 0 saturated carbocycles. The molecule has 4 nitrogen and oxygen atoms in total. The fourth-order valence-corrected chi connectivity index (χ4v) is 3.50.